The zero-order valence-corrected chi connectivity index (χ0v) is 21.0. The first kappa shape index (κ1) is 22.7. The van der Waals surface area contributed by atoms with Gasteiger partial charge in [-0.1, -0.05) is 69.1 Å². The van der Waals surface area contributed by atoms with E-state index in [2.05, 4.69) is 0 Å². The smallest absolute Gasteiger partial charge is 0.872 e. The first-order valence-corrected chi connectivity index (χ1v) is 9.56. The Labute approximate surface area is 202 Å². The van der Waals surface area contributed by atoms with Crippen LogP contribution >= 0.6 is 67.8 Å². The molecule has 0 saturated carbocycles. The van der Waals surface area contributed by atoms with E-state index < -0.39 is 13.4 Å². The monoisotopic (exact) mass is 673 g/mol. The number of carboxylic acid groups (broad SMARTS) is 1. The summed E-state index contributed by atoms with van der Waals surface area (Å²) in [4.78, 5) is 11.1. The molecule has 0 aliphatic rings. The van der Waals surface area contributed by atoms with E-state index in [-0.39, 0.29) is 35.3 Å². The van der Waals surface area contributed by atoms with E-state index in [1.165, 1.54) is 6.07 Å². The van der Waals surface area contributed by atoms with Gasteiger partial charge < -0.3 is 20.7 Å². The maximum absolute atomic E-state index is 11.4. The fourth-order valence-electron chi connectivity index (χ4n) is 1.76. The number of hydrogen-bond donors (Lipinski definition) is 2. The fraction of sp³-hybridized carbons (Fsp3) is 0.133. The van der Waals surface area contributed by atoms with Gasteiger partial charge in [0.15, 0.2) is 0 Å². The largest absolute Gasteiger partial charge is 1.00 e. The summed E-state index contributed by atoms with van der Waals surface area (Å²) in [6.07, 6.45) is 0. The Bertz CT molecular complexity index is 725. The van der Waals surface area contributed by atoms with Crippen LogP contribution in [0.2, 0.25) is 0 Å². The van der Waals surface area contributed by atoms with Crippen LogP contribution in [0, 0.1) is 3.57 Å². The van der Waals surface area contributed by atoms with Crippen LogP contribution in [0.15, 0.2) is 42.5 Å². The quantitative estimate of drug-likeness (QED) is 0.276. The summed E-state index contributed by atoms with van der Waals surface area (Å²) >= 11 is 6.02. The minimum absolute atomic E-state index is 0. The van der Waals surface area contributed by atoms with Gasteiger partial charge in [-0.25, -0.2) is 0 Å². The molecule has 5 nitrogen and oxygen atoms in total. The molecule has 1 atom stereocenters. The number of alkyl halides is 2. The maximum atomic E-state index is 11.4. The number of carbonyl (C=O) groups is 1. The summed E-state index contributed by atoms with van der Waals surface area (Å²) < 4.78 is 5.52. The number of halogens is 3. The summed E-state index contributed by atoms with van der Waals surface area (Å²) in [7, 11) is 0. The standard InChI is InChI=1S/C15H12I3NO4.Na/c16-11-7-10(5-6-12(11)20)23-9-3-1-8(2-4-9)15(17,18)13(19)14(21)22;/h1-7,13,20H,19H2,(H,21,22);/q;+1/p-1/t13-;/m0./s1. The summed E-state index contributed by atoms with van der Waals surface area (Å²) in [5.41, 5.74) is 6.53. The molecule has 2 rings (SSSR count). The van der Waals surface area contributed by atoms with E-state index in [1.54, 1.807) is 36.4 Å². The van der Waals surface area contributed by atoms with Crippen LogP contribution in [-0.4, -0.2) is 17.1 Å². The maximum Gasteiger partial charge on any atom is 1.00 e. The van der Waals surface area contributed by atoms with Crippen LogP contribution in [0.4, 0.5) is 0 Å². The van der Waals surface area contributed by atoms with Gasteiger partial charge >= 0.3 is 35.5 Å². The molecule has 122 valence electrons. The van der Waals surface area contributed by atoms with Crippen molar-refractivity contribution in [2.75, 3.05) is 0 Å². The molecule has 0 amide bonds. The SMILES string of the molecule is N[C@@H](C(=O)O)C(I)(I)c1ccc(Oc2ccc([O-])c(I)c2)cc1.[Na+]. The van der Waals surface area contributed by atoms with Crippen molar-refractivity contribution in [3.63, 3.8) is 0 Å². The van der Waals surface area contributed by atoms with Crippen molar-refractivity contribution in [1.82, 2.24) is 0 Å². The van der Waals surface area contributed by atoms with Crippen LogP contribution in [-0.2, 0) is 6.22 Å². The molecule has 2 aromatic carbocycles. The van der Waals surface area contributed by atoms with E-state index in [1.807, 2.05) is 67.8 Å². The van der Waals surface area contributed by atoms with Gasteiger partial charge in [0.05, 0.1) is 0 Å². The minimum Gasteiger partial charge on any atom is -0.872 e. The van der Waals surface area contributed by atoms with Crippen molar-refractivity contribution >= 4 is 73.7 Å². The second-order valence-electron chi connectivity index (χ2n) is 4.66. The topological polar surface area (TPSA) is 95.6 Å². The van der Waals surface area contributed by atoms with Crippen molar-refractivity contribution in [2.45, 2.75) is 7.47 Å². The number of benzene rings is 2. The van der Waals surface area contributed by atoms with E-state index in [0.29, 0.717) is 15.1 Å². The third-order valence-electron chi connectivity index (χ3n) is 3.03. The van der Waals surface area contributed by atoms with E-state index in [0.717, 1.165) is 5.56 Å². The van der Waals surface area contributed by atoms with Gasteiger partial charge in [-0.2, -0.15) is 0 Å². The zero-order valence-electron chi connectivity index (χ0n) is 12.5. The Morgan fingerprint density at radius 3 is 2.21 bits per heavy atom. The summed E-state index contributed by atoms with van der Waals surface area (Å²) in [5.74, 6) is 0.0619. The second-order valence-corrected chi connectivity index (χ2v) is 11.3. The van der Waals surface area contributed by atoms with Crippen LogP contribution in [0.3, 0.4) is 0 Å². The average Bonchev–Trinajstić information content (AvgIpc) is 2.50. The molecule has 0 spiro atoms. The molecule has 0 aromatic heterocycles. The van der Waals surface area contributed by atoms with E-state index in [4.69, 9.17) is 15.6 Å². The van der Waals surface area contributed by atoms with Crippen LogP contribution in [0.1, 0.15) is 5.56 Å². The molecule has 0 unspecified atom stereocenters. The van der Waals surface area contributed by atoms with Gasteiger partial charge in [0.2, 0.25) is 0 Å². The van der Waals surface area contributed by atoms with E-state index >= 15 is 0 Å². The predicted molar refractivity (Wildman–Crippen MR) is 110 cm³/mol. The summed E-state index contributed by atoms with van der Waals surface area (Å²) in [6.45, 7) is 0. The van der Waals surface area contributed by atoms with Gasteiger partial charge in [-0.3, -0.25) is 4.79 Å². The second kappa shape index (κ2) is 9.55. The number of nitrogens with two attached hydrogens (primary N) is 1. The third kappa shape index (κ3) is 5.58. The number of ether oxygens (including phenoxy) is 1. The van der Waals surface area contributed by atoms with Gasteiger partial charge in [-0.15, -0.1) is 0 Å². The minimum atomic E-state index is -1.05. The van der Waals surface area contributed by atoms with Crippen molar-refractivity contribution in [3.8, 4) is 17.2 Å². The molecule has 0 aliphatic heterocycles. The molecule has 3 N–H and O–H groups in total. The molecule has 2 aromatic rings. The molecule has 0 aliphatic carbocycles. The molecule has 0 bridgehead atoms. The molecule has 0 fully saturated rings. The van der Waals surface area contributed by atoms with Crippen molar-refractivity contribution in [1.29, 1.82) is 0 Å². The normalized spacial score (nSPS) is 12.2. The Morgan fingerprint density at radius 1 is 1.17 bits per heavy atom. The number of carboxylic acids is 1. The molecular formula is C15H11I3NNaO4. The number of hydrogen-bond acceptors (Lipinski definition) is 4. The van der Waals surface area contributed by atoms with Crippen molar-refractivity contribution in [3.05, 3.63) is 51.6 Å². The molecule has 0 radical (unpaired) electrons. The summed E-state index contributed by atoms with van der Waals surface area (Å²) in [6, 6.07) is 10.8. The van der Waals surface area contributed by atoms with Gasteiger partial charge in [0.1, 0.15) is 19.0 Å². The number of rotatable bonds is 5. The van der Waals surface area contributed by atoms with Crippen molar-refractivity contribution in [2.24, 2.45) is 5.73 Å². The van der Waals surface area contributed by atoms with Crippen LogP contribution in [0.5, 0.6) is 17.2 Å². The van der Waals surface area contributed by atoms with Crippen LogP contribution < -0.4 is 45.1 Å². The Balaban J connectivity index is 0.00000288. The Morgan fingerprint density at radius 2 is 1.71 bits per heavy atom. The zero-order chi connectivity index (χ0) is 17.2. The fourth-order valence-corrected chi connectivity index (χ4v) is 3.50. The van der Waals surface area contributed by atoms with Gasteiger partial charge in [0, 0.05) is 3.57 Å². The van der Waals surface area contributed by atoms with E-state index in [9.17, 15) is 9.90 Å². The molecular weight excluding hydrogens is 662 g/mol. The van der Waals surface area contributed by atoms with Gasteiger partial charge in [0.25, 0.3) is 0 Å². The molecule has 0 heterocycles. The molecule has 0 saturated heterocycles. The summed E-state index contributed by atoms with van der Waals surface area (Å²) in [5, 5.41) is 20.5. The van der Waals surface area contributed by atoms with Crippen LogP contribution in [0.25, 0.3) is 0 Å². The Kier molecular flexibility index (Phi) is 9.04. The van der Waals surface area contributed by atoms with Gasteiger partial charge in [-0.05, 0) is 52.4 Å². The molecule has 9 heteroatoms. The first-order chi connectivity index (χ1) is 10.7. The van der Waals surface area contributed by atoms with Crippen molar-refractivity contribution < 1.29 is 49.3 Å². The predicted octanol–water partition coefficient (Wildman–Crippen LogP) is 0.596. The average molecular weight is 673 g/mol. The first-order valence-electron chi connectivity index (χ1n) is 6.33. The Hall–Kier alpha value is 0.660. The molecule has 24 heavy (non-hydrogen) atoms. The number of aliphatic carboxylic acids is 1. The third-order valence-corrected chi connectivity index (χ3v) is 6.47.